The van der Waals surface area contributed by atoms with Crippen molar-refractivity contribution < 1.29 is 0 Å². The number of anilines is 2. The van der Waals surface area contributed by atoms with Gasteiger partial charge >= 0.3 is 0 Å². The Balaban J connectivity index is 1.97. The second-order valence-electron chi connectivity index (χ2n) is 7.36. The van der Waals surface area contributed by atoms with Crippen LogP contribution in [0.4, 0.5) is 11.4 Å². The molecule has 3 heteroatoms. The number of piperidine rings is 1. The van der Waals surface area contributed by atoms with Gasteiger partial charge in [0.2, 0.25) is 0 Å². The van der Waals surface area contributed by atoms with Crippen molar-refractivity contribution in [3.63, 3.8) is 0 Å². The Morgan fingerprint density at radius 1 is 1.20 bits per heavy atom. The Hall–Kier alpha value is -1.22. The van der Waals surface area contributed by atoms with Crippen molar-refractivity contribution in [2.24, 2.45) is 5.41 Å². The smallest absolute Gasteiger partial charge is 0.0406 e. The fraction of sp³-hybridized carbons (Fsp3) is 0.647. The monoisotopic (exact) mass is 273 g/mol. The molecule has 3 N–H and O–H groups in total. The molecule has 0 aliphatic carbocycles. The zero-order chi connectivity index (χ0) is 14.3. The molecule has 0 amide bonds. The third kappa shape index (κ3) is 2.39. The summed E-state index contributed by atoms with van der Waals surface area (Å²) in [6.07, 6.45) is 3.63. The first-order chi connectivity index (χ1) is 9.47. The topological polar surface area (TPSA) is 41.3 Å². The normalized spacial score (nSPS) is 23.9. The lowest BCUT2D eigenvalue weighted by molar-refractivity contribution is 0.280. The summed E-state index contributed by atoms with van der Waals surface area (Å²) in [5.41, 5.74) is 10.0. The highest BCUT2D eigenvalue weighted by Gasteiger charge is 2.40. The van der Waals surface area contributed by atoms with Crippen LogP contribution in [0.3, 0.4) is 0 Å². The van der Waals surface area contributed by atoms with Gasteiger partial charge in [-0.05, 0) is 61.5 Å². The quantitative estimate of drug-likeness (QED) is 0.773. The third-order valence-corrected chi connectivity index (χ3v) is 4.83. The van der Waals surface area contributed by atoms with Crippen LogP contribution in [-0.4, -0.2) is 25.2 Å². The first kappa shape index (κ1) is 13.7. The minimum absolute atomic E-state index is 0.290. The average Bonchev–Trinajstić information content (AvgIpc) is 2.78. The highest BCUT2D eigenvalue weighted by Crippen LogP contribution is 2.43. The fourth-order valence-electron chi connectivity index (χ4n) is 3.75. The molecular weight excluding hydrogens is 246 g/mol. The molecule has 20 heavy (non-hydrogen) atoms. The predicted octanol–water partition coefficient (Wildman–Crippen LogP) is 2.80. The lowest BCUT2D eigenvalue weighted by Crippen LogP contribution is -2.51. The minimum Gasteiger partial charge on any atom is -0.399 e. The zero-order valence-corrected chi connectivity index (χ0v) is 12.9. The van der Waals surface area contributed by atoms with E-state index in [2.05, 4.69) is 49.2 Å². The number of rotatable bonds is 1. The number of nitrogens with zero attached hydrogens (tertiary/aromatic N) is 1. The molecule has 0 bridgehead atoms. The largest absolute Gasteiger partial charge is 0.399 e. The first-order valence-electron chi connectivity index (χ1n) is 7.84. The molecule has 3 nitrogen and oxygen atoms in total. The van der Waals surface area contributed by atoms with Crippen molar-refractivity contribution in [1.29, 1.82) is 0 Å². The standard InChI is InChI=1S/C17H27N3/c1-17(2,3)16-11-12-10-13(18)4-5-15(12)20(16)14-6-8-19-9-7-14/h4-5,10,14,16,19H,6-9,11,18H2,1-3H3. The second kappa shape index (κ2) is 4.96. The van der Waals surface area contributed by atoms with Gasteiger partial charge in [0.1, 0.15) is 0 Å². The van der Waals surface area contributed by atoms with E-state index in [1.54, 1.807) is 0 Å². The molecule has 0 saturated carbocycles. The highest BCUT2D eigenvalue weighted by atomic mass is 15.2. The van der Waals surface area contributed by atoms with E-state index in [9.17, 15) is 0 Å². The van der Waals surface area contributed by atoms with Gasteiger partial charge < -0.3 is 16.0 Å². The maximum Gasteiger partial charge on any atom is 0.0406 e. The number of fused-ring (bicyclic) bond motifs is 1. The van der Waals surface area contributed by atoms with E-state index in [0.717, 1.165) is 25.2 Å². The summed E-state index contributed by atoms with van der Waals surface area (Å²) in [5, 5.41) is 3.48. The van der Waals surface area contributed by atoms with E-state index in [-0.39, 0.29) is 0 Å². The van der Waals surface area contributed by atoms with Crippen molar-refractivity contribution in [2.75, 3.05) is 23.7 Å². The first-order valence-corrected chi connectivity index (χ1v) is 7.84. The molecule has 1 fully saturated rings. The van der Waals surface area contributed by atoms with Gasteiger partial charge in [0.05, 0.1) is 0 Å². The third-order valence-electron chi connectivity index (χ3n) is 4.83. The van der Waals surface area contributed by atoms with Gasteiger partial charge in [-0.1, -0.05) is 20.8 Å². The molecule has 1 saturated heterocycles. The molecule has 3 rings (SSSR count). The van der Waals surface area contributed by atoms with Crippen LogP contribution in [0.15, 0.2) is 18.2 Å². The van der Waals surface area contributed by atoms with E-state index in [0.29, 0.717) is 17.5 Å². The molecule has 0 spiro atoms. The van der Waals surface area contributed by atoms with E-state index in [4.69, 9.17) is 5.73 Å². The van der Waals surface area contributed by atoms with Gasteiger partial charge in [-0.15, -0.1) is 0 Å². The van der Waals surface area contributed by atoms with Gasteiger partial charge in [-0.3, -0.25) is 0 Å². The van der Waals surface area contributed by atoms with E-state index >= 15 is 0 Å². The lowest BCUT2D eigenvalue weighted by atomic mass is 9.83. The Morgan fingerprint density at radius 2 is 1.90 bits per heavy atom. The molecule has 0 aromatic heterocycles. The number of nitrogens with two attached hydrogens (primary N) is 1. The van der Waals surface area contributed by atoms with Crippen molar-refractivity contribution in [3.8, 4) is 0 Å². The van der Waals surface area contributed by atoms with Crippen molar-refractivity contribution >= 4 is 11.4 Å². The van der Waals surface area contributed by atoms with Gasteiger partial charge in [0.15, 0.2) is 0 Å². The zero-order valence-electron chi connectivity index (χ0n) is 12.9. The number of nitrogen functional groups attached to an aromatic ring is 1. The van der Waals surface area contributed by atoms with Crippen LogP contribution in [0, 0.1) is 5.41 Å². The summed E-state index contributed by atoms with van der Waals surface area (Å²) >= 11 is 0. The second-order valence-corrected chi connectivity index (χ2v) is 7.36. The van der Waals surface area contributed by atoms with E-state index in [1.807, 2.05) is 0 Å². The number of benzene rings is 1. The molecule has 1 atom stereocenters. The predicted molar refractivity (Wildman–Crippen MR) is 86.2 cm³/mol. The summed E-state index contributed by atoms with van der Waals surface area (Å²) in [4.78, 5) is 2.70. The summed E-state index contributed by atoms with van der Waals surface area (Å²) < 4.78 is 0. The average molecular weight is 273 g/mol. The highest BCUT2D eigenvalue weighted by molar-refractivity contribution is 5.65. The van der Waals surface area contributed by atoms with Crippen molar-refractivity contribution in [1.82, 2.24) is 5.32 Å². The van der Waals surface area contributed by atoms with Gasteiger partial charge in [-0.25, -0.2) is 0 Å². The fourth-order valence-corrected chi connectivity index (χ4v) is 3.75. The van der Waals surface area contributed by atoms with Gasteiger partial charge in [-0.2, -0.15) is 0 Å². The van der Waals surface area contributed by atoms with Crippen molar-refractivity contribution in [3.05, 3.63) is 23.8 Å². The lowest BCUT2D eigenvalue weighted by Gasteiger charge is -2.43. The minimum atomic E-state index is 0.290. The van der Waals surface area contributed by atoms with Crippen LogP contribution in [0.2, 0.25) is 0 Å². The number of hydrogen-bond acceptors (Lipinski definition) is 3. The van der Waals surface area contributed by atoms with Crippen LogP contribution in [0.5, 0.6) is 0 Å². The molecule has 2 heterocycles. The van der Waals surface area contributed by atoms with Crippen LogP contribution in [0.25, 0.3) is 0 Å². The van der Waals surface area contributed by atoms with Crippen molar-refractivity contribution in [2.45, 2.75) is 52.1 Å². The molecule has 0 radical (unpaired) electrons. The molecule has 110 valence electrons. The Labute approximate surface area is 122 Å². The molecule has 1 unspecified atom stereocenters. The summed E-state index contributed by atoms with van der Waals surface area (Å²) in [6, 6.07) is 7.72. The van der Waals surface area contributed by atoms with Gasteiger partial charge in [0, 0.05) is 23.5 Å². The molecule has 2 aliphatic rings. The van der Waals surface area contributed by atoms with Crippen LogP contribution >= 0.6 is 0 Å². The van der Waals surface area contributed by atoms with E-state index in [1.165, 1.54) is 24.1 Å². The van der Waals surface area contributed by atoms with E-state index < -0.39 is 0 Å². The Bertz CT molecular complexity index is 483. The summed E-state index contributed by atoms with van der Waals surface area (Å²) in [7, 11) is 0. The SMILES string of the molecule is CC(C)(C)C1Cc2cc(N)ccc2N1C1CCNCC1. The van der Waals surface area contributed by atoms with Gasteiger partial charge in [0.25, 0.3) is 0 Å². The number of nitrogens with one attached hydrogen (secondary N) is 1. The maximum absolute atomic E-state index is 5.98. The Morgan fingerprint density at radius 3 is 2.55 bits per heavy atom. The molecule has 1 aromatic carbocycles. The maximum atomic E-state index is 5.98. The molecule has 1 aromatic rings. The van der Waals surface area contributed by atoms with Crippen LogP contribution < -0.4 is 16.0 Å². The number of hydrogen-bond donors (Lipinski definition) is 2. The summed E-state index contributed by atoms with van der Waals surface area (Å²) in [6.45, 7) is 9.37. The van der Waals surface area contributed by atoms with Crippen LogP contribution in [-0.2, 0) is 6.42 Å². The summed E-state index contributed by atoms with van der Waals surface area (Å²) in [5.74, 6) is 0. The Kier molecular flexibility index (Phi) is 3.41. The molecular formula is C17H27N3. The molecule has 2 aliphatic heterocycles. The van der Waals surface area contributed by atoms with Crippen LogP contribution in [0.1, 0.15) is 39.2 Å².